The number of nitrogens with zero attached hydrogens (tertiary/aromatic N) is 3. The molecule has 3 aromatic heterocycles. The van der Waals surface area contributed by atoms with Crippen LogP contribution >= 0.6 is 11.3 Å². The second-order valence-corrected chi connectivity index (χ2v) is 6.89. The Hall–Kier alpha value is -3.20. The van der Waals surface area contributed by atoms with E-state index in [2.05, 4.69) is 15.3 Å². The summed E-state index contributed by atoms with van der Waals surface area (Å²) in [6.07, 6.45) is -1.66. The monoisotopic (exact) mass is 402 g/mol. The molecule has 28 heavy (non-hydrogen) atoms. The number of imidazole rings is 1. The summed E-state index contributed by atoms with van der Waals surface area (Å²) in [7, 11) is 0. The Labute approximate surface area is 161 Å². The molecule has 3 heterocycles. The number of fused-ring (bicyclic) bond motifs is 1. The average Bonchev–Trinajstić information content (AvgIpc) is 3.25. The van der Waals surface area contributed by atoms with E-state index in [1.807, 2.05) is 42.5 Å². The number of pyridine rings is 1. The number of thiazole rings is 1. The number of benzene rings is 1. The van der Waals surface area contributed by atoms with Crippen molar-refractivity contribution in [2.75, 3.05) is 5.32 Å². The number of carbonyl (C=O) groups is 1. The minimum atomic E-state index is -4.48. The third-order valence-electron chi connectivity index (χ3n) is 4.07. The summed E-state index contributed by atoms with van der Waals surface area (Å²) in [6, 6.07) is 13.0. The summed E-state index contributed by atoms with van der Waals surface area (Å²) in [6.45, 7) is 0. The molecule has 0 aliphatic heterocycles. The molecule has 0 atom stereocenters. The molecule has 5 nitrogen and oxygen atoms in total. The van der Waals surface area contributed by atoms with Gasteiger partial charge in [0.05, 0.1) is 12.1 Å². The number of amides is 1. The first kappa shape index (κ1) is 18.2. The smallest absolute Gasteiger partial charge is 0.308 e. The lowest BCUT2D eigenvalue weighted by atomic mass is 10.1. The van der Waals surface area contributed by atoms with Crippen LogP contribution in [0.4, 0.5) is 19.0 Å². The van der Waals surface area contributed by atoms with E-state index in [4.69, 9.17) is 0 Å². The quantitative estimate of drug-likeness (QED) is 0.540. The topological polar surface area (TPSA) is 59.3 Å². The van der Waals surface area contributed by atoms with Crippen molar-refractivity contribution in [1.29, 1.82) is 0 Å². The summed E-state index contributed by atoms with van der Waals surface area (Å²) >= 11 is 0.880. The van der Waals surface area contributed by atoms with Gasteiger partial charge in [-0.05, 0) is 23.8 Å². The fourth-order valence-corrected chi connectivity index (χ4v) is 3.76. The van der Waals surface area contributed by atoms with Crippen molar-refractivity contribution in [2.45, 2.75) is 12.6 Å². The van der Waals surface area contributed by atoms with E-state index in [1.54, 1.807) is 6.20 Å². The highest BCUT2D eigenvalue weighted by molar-refractivity contribution is 7.16. The summed E-state index contributed by atoms with van der Waals surface area (Å²) in [5, 5.41) is 3.60. The molecule has 0 saturated carbocycles. The molecule has 1 aromatic carbocycles. The third-order valence-corrected chi connectivity index (χ3v) is 5.02. The predicted molar refractivity (Wildman–Crippen MR) is 100 cm³/mol. The van der Waals surface area contributed by atoms with Crippen molar-refractivity contribution >= 4 is 27.9 Å². The summed E-state index contributed by atoms with van der Waals surface area (Å²) < 4.78 is 39.8. The lowest BCUT2D eigenvalue weighted by Crippen LogP contribution is -2.14. The average molecular weight is 402 g/mol. The zero-order valence-electron chi connectivity index (χ0n) is 14.3. The first-order valence-electron chi connectivity index (χ1n) is 8.24. The van der Waals surface area contributed by atoms with Gasteiger partial charge in [0.25, 0.3) is 0 Å². The molecule has 142 valence electrons. The van der Waals surface area contributed by atoms with E-state index in [0.29, 0.717) is 0 Å². The van der Waals surface area contributed by atoms with Gasteiger partial charge in [0, 0.05) is 17.1 Å². The van der Waals surface area contributed by atoms with Gasteiger partial charge in [-0.15, -0.1) is 11.3 Å². The van der Waals surface area contributed by atoms with E-state index >= 15 is 0 Å². The van der Waals surface area contributed by atoms with Gasteiger partial charge in [-0.2, -0.15) is 13.2 Å². The number of aromatic nitrogens is 3. The molecule has 0 fully saturated rings. The van der Waals surface area contributed by atoms with Gasteiger partial charge < -0.3 is 5.32 Å². The number of alkyl halides is 3. The van der Waals surface area contributed by atoms with Gasteiger partial charge in [-0.3, -0.25) is 14.2 Å². The molecule has 0 saturated heterocycles. The van der Waals surface area contributed by atoms with Crippen LogP contribution in [0.1, 0.15) is 11.3 Å². The number of hydrogen-bond acceptors (Lipinski definition) is 4. The van der Waals surface area contributed by atoms with E-state index in [9.17, 15) is 18.0 Å². The molecule has 4 rings (SSSR count). The first-order chi connectivity index (χ1) is 13.4. The van der Waals surface area contributed by atoms with Crippen molar-refractivity contribution in [3.8, 4) is 11.3 Å². The number of carbonyl (C=O) groups excluding carboxylic acids is 1. The van der Waals surface area contributed by atoms with Crippen LogP contribution in [0, 0.1) is 0 Å². The molecule has 0 aliphatic carbocycles. The van der Waals surface area contributed by atoms with Crippen molar-refractivity contribution in [3.63, 3.8) is 0 Å². The highest BCUT2D eigenvalue weighted by atomic mass is 32.1. The Morgan fingerprint density at radius 3 is 2.75 bits per heavy atom. The molecule has 0 unspecified atom stereocenters. The lowest BCUT2D eigenvalue weighted by Gasteiger charge is -2.05. The van der Waals surface area contributed by atoms with Crippen LogP contribution in [0.5, 0.6) is 0 Å². The molecule has 0 radical (unpaired) electrons. The van der Waals surface area contributed by atoms with Crippen LogP contribution in [-0.4, -0.2) is 20.3 Å². The van der Waals surface area contributed by atoms with E-state index in [-0.39, 0.29) is 23.0 Å². The summed E-state index contributed by atoms with van der Waals surface area (Å²) in [5.41, 5.74) is 1.61. The van der Waals surface area contributed by atoms with Crippen LogP contribution in [0.25, 0.3) is 16.1 Å². The van der Waals surface area contributed by atoms with Gasteiger partial charge in [0.15, 0.2) is 5.82 Å². The maximum Gasteiger partial charge on any atom is 0.432 e. The normalized spacial score (nSPS) is 11.7. The Morgan fingerprint density at radius 1 is 1.14 bits per heavy atom. The van der Waals surface area contributed by atoms with E-state index in [0.717, 1.165) is 44.3 Å². The van der Waals surface area contributed by atoms with Crippen LogP contribution in [0.2, 0.25) is 0 Å². The second-order valence-electron chi connectivity index (χ2n) is 6.03. The fraction of sp³-hybridized carbons (Fsp3) is 0.105. The van der Waals surface area contributed by atoms with Crippen molar-refractivity contribution in [2.24, 2.45) is 0 Å². The maximum absolute atomic E-state index is 13.0. The number of hydrogen-bond donors (Lipinski definition) is 1. The fourth-order valence-electron chi connectivity index (χ4n) is 2.81. The number of halogens is 3. The minimum Gasteiger partial charge on any atom is -0.308 e. The van der Waals surface area contributed by atoms with Crippen LogP contribution in [0.3, 0.4) is 0 Å². The molecule has 0 aliphatic rings. The largest absolute Gasteiger partial charge is 0.432 e. The van der Waals surface area contributed by atoms with Crippen LogP contribution < -0.4 is 5.32 Å². The van der Waals surface area contributed by atoms with Gasteiger partial charge in [0.1, 0.15) is 16.9 Å². The van der Waals surface area contributed by atoms with Gasteiger partial charge in [-0.1, -0.05) is 24.3 Å². The highest BCUT2D eigenvalue weighted by Gasteiger charge is 2.35. The van der Waals surface area contributed by atoms with Crippen molar-refractivity contribution in [3.05, 3.63) is 71.6 Å². The van der Waals surface area contributed by atoms with E-state index < -0.39 is 11.9 Å². The molecule has 1 amide bonds. The van der Waals surface area contributed by atoms with E-state index in [1.165, 1.54) is 0 Å². The highest BCUT2D eigenvalue weighted by Crippen LogP contribution is 2.35. The Bertz CT molecular complexity index is 1140. The zero-order valence-corrected chi connectivity index (χ0v) is 15.1. The SMILES string of the molecule is O=C(Cc1cccc(-c2ccccn2)c1)Nc1ncn2c(C(F)(F)F)csc12. The molecule has 9 heteroatoms. The number of anilines is 1. The predicted octanol–water partition coefficient (Wildman–Crippen LogP) is 4.66. The molecular weight excluding hydrogens is 389 g/mol. The van der Waals surface area contributed by atoms with Crippen molar-refractivity contribution in [1.82, 2.24) is 14.4 Å². The van der Waals surface area contributed by atoms with Gasteiger partial charge in [-0.25, -0.2) is 4.98 Å². The minimum absolute atomic E-state index is 0.0667. The summed E-state index contributed by atoms with van der Waals surface area (Å²) in [4.78, 5) is 20.8. The molecule has 0 spiro atoms. The van der Waals surface area contributed by atoms with Crippen molar-refractivity contribution < 1.29 is 18.0 Å². The molecule has 1 N–H and O–H groups in total. The standard InChI is InChI=1S/C19H13F3N4OS/c20-19(21,22)15-10-28-18-17(24-11-26(15)18)25-16(27)9-12-4-3-5-13(8-12)14-6-1-2-7-23-14/h1-8,10-11H,9H2,(H,25,27). The first-order valence-corrected chi connectivity index (χ1v) is 9.12. The lowest BCUT2D eigenvalue weighted by molar-refractivity contribution is -0.141. The Balaban J connectivity index is 1.51. The van der Waals surface area contributed by atoms with Gasteiger partial charge >= 0.3 is 6.18 Å². The third kappa shape index (κ3) is 3.61. The Kier molecular flexibility index (Phi) is 4.60. The maximum atomic E-state index is 13.0. The van der Waals surface area contributed by atoms with Crippen LogP contribution in [-0.2, 0) is 17.4 Å². The van der Waals surface area contributed by atoms with Gasteiger partial charge in [0.2, 0.25) is 5.91 Å². The number of nitrogens with one attached hydrogen (secondary N) is 1. The number of rotatable bonds is 4. The molecule has 0 bridgehead atoms. The van der Waals surface area contributed by atoms with Crippen LogP contribution in [0.15, 0.2) is 60.4 Å². The Morgan fingerprint density at radius 2 is 2.00 bits per heavy atom. The molecule has 4 aromatic rings. The summed E-state index contributed by atoms with van der Waals surface area (Å²) in [5.74, 6) is -0.243. The zero-order chi connectivity index (χ0) is 19.7. The second kappa shape index (κ2) is 7.08. The molecular formula is C19H13F3N4OS.